The van der Waals surface area contributed by atoms with Gasteiger partial charge in [0.05, 0.1) is 6.10 Å². The number of amides is 2. The van der Waals surface area contributed by atoms with Gasteiger partial charge in [0.1, 0.15) is 0 Å². The van der Waals surface area contributed by atoms with Crippen molar-refractivity contribution in [2.24, 2.45) is 0 Å². The lowest BCUT2D eigenvalue weighted by Crippen LogP contribution is -2.31. The molecule has 0 radical (unpaired) electrons. The molecule has 0 fully saturated rings. The topological polar surface area (TPSA) is 78.4 Å². The van der Waals surface area contributed by atoms with E-state index in [9.17, 15) is 14.7 Å². The fraction of sp³-hybridized carbons (Fsp3) is 0.800. The fourth-order valence-corrected chi connectivity index (χ4v) is 1.02. The molecular weight excluding hydrogens is 196 g/mol. The third kappa shape index (κ3) is 9.21. The van der Waals surface area contributed by atoms with Crippen LogP contribution in [0.3, 0.4) is 0 Å². The fourth-order valence-electron chi connectivity index (χ4n) is 1.02. The van der Waals surface area contributed by atoms with Crippen molar-refractivity contribution in [2.75, 3.05) is 13.1 Å². The molecule has 0 heterocycles. The highest BCUT2D eigenvalue weighted by molar-refractivity contribution is 5.77. The monoisotopic (exact) mass is 216 g/mol. The Bertz CT molecular complexity index is 207. The predicted molar refractivity (Wildman–Crippen MR) is 57.2 cm³/mol. The van der Waals surface area contributed by atoms with E-state index in [-0.39, 0.29) is 24.3 Å². The molecule has 5 nitrogen and oxygen atoms in total. The summed E-state index contributed by atoms with van der Waals surface area (Å²) >= 11 is 0. The smallest absolute Gasteiger partial charge is 0.221 e. The molecule has 0 saturated carbocycles. The maximum absolute atomic E-state index is 11.2. The number of aliphatic hydroxyl groups excluding tert-OH is 1. The van der Waals surface area contributed by atoms with Gasteiger partial charge in [-0.2, -0.15) is 0 Å². The molecule has 15 heavy (non-hydrogen) atoms. The first-order valence-electron chi connectivity index (χ1n) is 5.25. The van der Waals surface area contributed by atoms with Gasteiger partial charge in [0.25, 0.3) is 0 Å². The van der Waals surface area contributed by atoms with E-state index in [1.807, 2.05) is 6.92 Å². The van der Waals surface area contributed by atoms with Crippen LogP contribution in [0.4, 0.5) is 0 Å². The van der Waals surface area contributed by atoms with Crippen LogP contribution >= 0.6 is 0 Å². The van der Waals surface area contributed by atoms with E-state index >= 15 is 0 Å². The summed E-state index contributed by atoms with van der Waals surface area (Å²) in [5, 5.41) is 14.4. The lowest BCUT2D eigenvalue weighted by Gasteiger charge is -2.08. The van der Waals surface area contributed by atoms with Crippen molar-refractivity contribution in [1.29, 1.82) is 0 Å². The van der Waals surface area contributed by atoms with Crippen molar-refractivity contribution in [1.82, 2.24) is 10.6 Å². The zero-order valence-corrected chi connectivity index (χ0v) is 9.38. The minimum atomic E-state index is -0.347. The average Bonchev–Trinajstić information content (AvgIpc) is 2.17. The van der Waals surface area contributed by atoms with Crippen molar-refractivity contribution < 1.29 is 14.7 Å². The summed E-state index contributed by atoms with van der Waals surface area (Å²) in [5.41, 5.74) is 0. The quantitative estimate of drug-likeness (QED) is 0.551. The molecule has 88 valence electrons. The Morgan fingerprint density at radius 2 is 1.93 bits per heavy atom. The Morgan fingerprint density at radius 1 is 1.27 bits per heavy atom. The summed E-state index contributed by atoms with van der Waals surface area (Å²) in [6.45, 7) is 4.14. The van der Waals surface area contributed by atoms with Crippen molar-refractivity contribution in [3.8, 4) is 0 Å². The van der Waals surface area contributed by atoms with E-state index in [0.717, 1.165) is 0 Å². The number of hydrogen-bond acceptors (Lipinski definition) is 3. The third-order valence-electron chi connectivity index (χ3n) is 2.00. The lowest BCUT2D eigenvalue weighted by molar-refractivity contribution is -0.121. The van der Waals surface area contributed by atoms with Crippen molar-refractivity contribution >= 4 is 11.8 Å². The second-order valence-electron chi connectivity index (χ2n) is 3.43. The van der Waals surface area contributed by atoms with Crippen LogP contribution in [0.1, 0.15) is 33.1 Å². The van der Waals surface area contributed by atoms with Crippen LogP contribution in [0.15, 0.2) is 0 Å². The summed E-state index contributed by atoms with van der Waals surface area (Å²) in [5.74, 6) is -0.240. The highest BCUT2D eigenvalue weighted by Crippen LogP contribution is 1.94. The number of rotatable bonds is 7. The van der Waals surface area contributed by atoms with E-state index in [4.69, 9.17) is 0 Å². The van der Waals surface area contributed by atoms with Gasteiger partial charge in [0.2, 0.25) is 11.8 Å². The Morgan fingerprint density at radius 3 is 2.47 bits per heavy atom. The first kappa shape index (κ1) is 13.9. The van der Waals surface area contributed by atoms with Crippen molar-refractivity contribution in [3.63, 3.8) is 0 Å². The molecule has 0 aliphatic rings. The standard InChI is InChI=1S/C10H20N2O3/c1-3-9(14)4-6-12-10(15)5-7-11-8(2)13/h9,14H,3-7H2,1-2H3,(H,11,13)(H,12,15). The Hall–Kier alpha value is -1.10. The first-order valence-corrected chi connectivity index (χ1v) is 5.25. The normalized spacial score (nSPS) is 11.9. The summed E-state index contributed by atoms with van der Waals surface area (Å²) in [7, 11) is 0. The average molecular weight is 216 g/mol. The van der Waals surface area contributed by atoms with Gasteiger partial charge in [-0.1, -0.05) is 6.92 Å². The van der Waals surface area contributed by atoms with Crippen molar-refractivity contribution in [3.05, 3.63) is 0 Å². The molecule has 3 N–H and O–H groups in total. The molecule has 0 aromatic rings. The Balaban J connectivity index is 3.37. The Labute approximate surface area is 90.2 Å². The van der Waals surface area contributed by atoms with Crippen LogP contribution < -0.4 is 10.6 Å². The molecule has 0 aromatic carbocycles. The van der Waals surface area contributed by atoms with Gasteiger partial charge in [-0.05, 0) is 12.8 Å². The molecule has 0 aliphatic heterocycles. The van der Waals surface area contributed by atoms with Crippen LogP contribution in [0.25, 0.3) is 0 Å². The van der Waals surface area contributed by atoms with Crippen LogP contribution in [0, 0.1) is 0 Å². The highest BCUT2D eigenvalue weighted by atomic mass is 16.3. The van der Waals surface area contributed by atoms with Gasteiger partial charge in [0, 0.05) is 26.4 Å². The van der Waals surface area contributed by atoms with Crippen molar-refractivity contribution in [2.45, 2.75) is 39.2 Å². The van der Waals surface area contributed by atoms with Gasteiger partial charge >= 0.3 is 0 Å². The van der Waals surface area contributed by atoms with Crippen LogP contribution in [0.5, 0.6) is 0 Å². The third-order valence-corrected chi connectivity index (χ3v) is 2.00. The zero-order valence-electron chi connectivity index (χ0n) is 9.38. The maximum Gasteiger partial charge on any atom is 0.221 e. The second kappa shape index (κ2) is 8.23. The van der Waals surface area contributed by atoms with Gasteiger partial charge in [0.15, 0.2) is 0 Å². The number of carbonyl (C=O) groups excluding carboxylic acids is 2. The molecule has 0 saturated heterocycles. The first-order chi connectivity index (χ1) is 7.06. The molecular formula is C10H20N2O3. The largest absolute Gasteiger partial charge is 0.393 e. The molecule has 1 unspecified atom stereocenters. The zero-order chi connectivity index (χ0) is 11.7. The van der Waals surface area contributed by atoms with Crippen LogP contribution in [-0.4, -0.2) is 36.1 Å². The number of hydrogen-bond donors (Lipinski definition) is 3. The molecule has 0 aromatic heterocycles. The van der Waals surface area contributed by atoms with Gasteiger partial charge in [-0.3, -0.25) is 9.59 Å². The Kier molecular flexibility index (Phi) is 7.62. The van der Waals surface area contributed by atoms with Crippen LogP contribution in [-0.2, 0) is 9.59 Å². The number of carbonyl (C=O) groups is 2. The van der Waals surface area contributed by atoms with E-state index in [0.29, 0.717) is 25.9 Å². The number of aliphatic hydroxyl groups is 1. The van der Waals surface area contributed by atoms with Crippen LogP contribution in [0.2, 0.25) is 0 Å². The predicted octanol–water partition coefficient (Wildman–Crippen LogP) is -0.210. The summed E-state index contributed by atoms with van der Waals surface area (Å²) in [6.07, 6.45) is 1.20. The minimum Gasteiger partial charge on any atom is -0.393 e. The summed E-state index contributed by atoms with van der Waals surface area (Å²) in [4.78, 5) is 21.6. The summed E-state index contributed by atoms with van der Waals surface area (Å²) in [6, 6.07) is 0. The molecule has 2 amide bonds. The van der Waals surface area contributed by atoms with Gasteiger partial charge in [-0.25, -0.2) is 0 Å². The van der Waals surface area contributed by atoms with E-state index < -0.39 is 0 Å². The lowest BCUT2D eigenvalue weighted by atomic mass is 10.2. The number of nitrogens with one attached hydrogen (secondary N) is 2. The second-order valence-corrected chi connectivity index (χ2v) is 3.43. The SMILES string of the molecule is CCC(O)CCNC(=O)CCNC(C)=O. The highest BCUT2D eigenvalue weighted by Gasteiger charge is 2.03. The molecule has 0 aliphatic carbocycles. The molecule has 1 atom stereocenters. The molecule has 0 spiro atoms. The summed E-state index contributed by atoms with van der Waals surface area (Å²) < 4.78 is 0. The van der Waals surface area contributed by atoms with Gasteiger partial charge in [-0.15, -0.1) is 0 Å². The van der Waals surface area contributed by atoms with E-state index in [1.165, 1.54) is 6.92 Å². The van der Waals surface area contributed by atoms with E-state index in [1.54, 1.807) is 0 Å². The molecule has 5 heteroatoms. The molecule has 0 rings (SSSR count). The van der Waals surface area contributed by atoms with Gasteiger partial charge < -0.3 is 15.7 Å². The maximum atomic E-state index is 11.2. The molecule has 0 bridgehead atoms. The van der Waals surface area contributed by atoms with E-state index in [2.05, 4.69) is 10.6 Å². The minimum absolute atomic E-state index is 0.105.